The summed E-state index contributed by atoms with van der Waals surface area (Å²) in [5.41, 5.74) is 2.89. The summed E-state index contributed by atoms with van der Waals surface area (Å²) in [5.74, 6) is 0.187. The first-order chi connectivity index (χ1) is 13.1. The van der Waals surface area contributed by atoms with Gasteiger partial charge in [0.05, 0.1) is 0 Å². The van der Waals surface area contributed by atoms with Gasteiger partial charge in [-0.2, -0.15) is 4.31 Å². The number of amides is 1. The van der Waals surface area contributed by atoms with Gasteiger partial charge in [-0.05, 0) is 68.9 Å². The molecule has 1 amide bonds. The van der Waals surface area contributed by atoms with Crippen LogP contribution >= 0.6 is 15.9 Å². The highest BCUT2D eigenvalue weighted by Gasteiger charge is 2.33. The normalized spacial score (nSPS) is 16.3. The third-order valence-electron chi connectivity index (χ3n) is 5.35. The summed E-state index contributed by atoms with van der Waals surface area (Å²) in [6.45, 7) is 8.51. The van der Waals surface area contributed by atoms with Crippen LogP contribution in [0.5, 0.6) is 0 Å². The Bertz CT molecular complexity index is 1010. The summed E-state index contributed by atoms with van der Waals surface area (Å²) in [4.78, 5) is 16.0. The van der Waals surface area contributed by atoms with Crippen molar-refractivity contribution in [3.63, 3.8) is 0 Å². The average Bonchev–Trinajstić information content (AvgIpc) is 2.93. The van der Waals surface area contributed by atoms with E-state index in [-0.39, 0.29) is 16.5 Å². The van der Waals surface area contributed by atoms with Gasteiger partial charge >= 0.3 is 0 Å². The Morgan fingerprint density at radius 1 is 1.21 bits per heavy atom. The molecular formula is C20H26BrN3O3S. The summed E-state index contributed by atoms with van der Waals surface area (Å²) in [6.07, 6.45) is 1.72. The SMILES string of the molecule is Cc1cc(NC(=O)c2[nH]c(C)c(S(=O)(=O)N3CCC(C)CC3)c2C)ccc1Br. The lowest BCUT2D eigenvalue weighted by Gasteiger charge is -2.29. The molecule has 3 rings (SSSR count). The number of rotatable bonds is 4. The molecule has 0 radical (unpaired) electrons. The summed E-state index contributed by atoms with van der Waals surface area (Å²) < 4.78 is 28.9. The zero-order chi connectivity index (χ0) is 20.6. The van der Waals surface area contributed by atoms with Crippen LogP contribution in [0.2, 0.25) is 0 Å². The molecule has 8 heteroatoms. The lowest BCUT2D eigenvalue weighted by atomic mass is 10.0. The molecule has 0 bridgehead atoms. The third-order valence-corrected chi connectivity index (χ3v) is 8.42. The highest BCUT2D eigenvalue weighted by molar-refractivity contribution is 9.10. The molecule has 2 heterocycles. The number of benzene rings is 1. The number of H-pyrrole nitrogens is 1. The second-order valence-electron chi connectivity index (χ2n) is 7.58. The third kappa shape index (κ3) is 4.04. The van der Waals surface area contributed by atoms with Crippen LogP contribution in [0.25, 0.3) is 0 Å². The Kier molecular flexibility index (Phi) is 6.03. The van der Waals surface area contributed by atoms with E-state index in [0.717, 1.165) is 22.9 Å². The second-order valence-corrected chi connectivity index (χ2v) is 10.3. The number of nitrogens with zero attached hydrogens (tertiary/aromatic N) is 1. The molecule has 1 saturated heterocycles. The Morgan fingerprint density at radius 2 is 1.86 bits per heavy atom. The van der Waals surface area contributed by atoms with Crippen molar-refractivity contribution in [2.24, 2.45) is 5.92 Å². The van der Waals surface area contributed by atoms with Gasteiger partial charge in [0.15, 0.2) is 0 Å². The Hall–Kier alpha value is -1.64. The number of carbonyl (C=O) groups excluding carboxylic acids is 1. The number of hydrogen-bond acceptors (Lipinski definition) is 3. The quantitative estimate of drug-likeness (QED) is 0.699. The van der Waals surface area contributed by atoms with Crippen molar-refractivity contribution in [3.05, 3.63) is 45.2 Å². The second kappa shape index (κ2) is 8.00. The van der Waals surface area contributed by atoms with Crippen molar-refractivity contribution in [2.75, 3.05) is 18.4 Å². The van der Waals surface area contributed by atoms with E-state index in [9.17, 15) is 13.2 Å². The zero-order valence-corrected chi connectivity index (χ0v) is 19.0. The molecule has 152 valence electrons. The molecule has 1 aromatic carbocycles. The van der Waals surface area contributed by atoms with E-state index >= 15 is 0 Å². The number of anilines is 1. The van der Waals surface area contributed by atoms with Gasteiger partial charge in [-0.25, -0.2) is 8.42 Å². The minimum Gasteiger partial charge on any atom is -0.353 e. The van der Waals surface area contributed by atoms with Gasteiger partial charge in [0, 0.05) is 28.9 Å². The van der Waals surface area contributed by atoms with E-state index in [2.05, 4.69) is 33.2 Å². The minimum atomic E-state index is -3.63. The van der Waals surface area contributed by atoms with E-state index < -0.39 is 10.0 Å². The van der Waals surface area contributed by atoms with Crippen LogP contribution in [0.1, 0.15) is 47.1 Å². The standard InChI is InChI=1S/C20H26BrN3O3S/c1-12-7-9-24(10-8-12)28(26,27)19-14(3)18(22-15(19)4)20(25)23-16-5-6-17(21)13(2)11-16/h5-6,11-12,22H,7-10H2,1-4H3,(H,23,25). The molecule has 2 N–H and O–H groups in total. The number of aromatic amines is 1. The fourth-order valence-electron chi connectivity index (χ4n) is 3.62. The fourth-order valence-corrected chi connectivity index (χ4v) is 5.74. The van der Waals surface area contributed by atoms with Crippen LogP contribution in [-0.2, 0) is 10.0 Å². The predicted molar refractivity (Wildman–Crippen MR) is 114 cm³/mol. The molecule has 1 aromatic heterocycles. The lowest BCUT2D eigenvalue weighted by molar-refractivity contribution is 0.102. The van der Waals surface area contributed by atoms with Gasteiger partial charge < -0.3 is 10.3 Å². The van der Waals surface area contributed by atoms with Crippen molar-refractivity contribution in [3.8, 4) is 0 Å². The average molecular weight is 468 g/mol. The maximum atomic E-state index is 13.2. The van der Waals surface area contributed by atoms with Crippen LogP contribution in [0.4, 0.5) is 5.69 Å². The van der Waals surface area contributed by atoms with Crippen LogP contribution < -0.4 is 5.32 Å². The van der Waals surface area contributed by atoms with Crippen molar-refractivity contribution >= 4 is 37.5 Å². The van der Waals surface area contributed by atoms with Gasteiger partial charge in [-0.15, -0.1) is 0 Å². The molecule has 0 unspecified atom stereocenters. The number of carbonyl (C=O) groups is 1. The van der Waals surface area contributed by atoms with Gasteiger partial charge in [-0.3, -0.25) is 4.79 Å². The predicted octanol–water partition coefficient (Wildman–Crippen LogP) is 4.38. The van der Waals surface area contributed by atoms with Gasteiger partial charge in [-0.1, -0.05) is 22.9 Å². The maximum absolute atomic E-state index is 13.2. The van der Waals surface area contributed by atoms with Crippen molar-refractivity contribution in [2.45, 2.75) is 45.4 Å². The number of aryl methyl sites for hydroxylation is 2. The van der Waals surface area contributed by atoms with Gasteiger partial charge in [0.2, 0.25) is 10.0 Å². The molecule has 1 fully saturated rings. The zero-order valence-electron chi connectivity index (χ0n) is 16.6. The molecule has 0 atom stereocenters. The first kappa shape index (κ1) is 21.1. The number of piperidine rings is 1. The number of sulfonamides is 1. The number of hydrogen-bond donors (Lipinski definition) is 2. The molecule has 28 heavy (non-hydrogen) atoms. The van der Waals surface area contributed by atoms with Crippen molar-refractivity contribution in [1.82, 2.24) is 9.29 Å². The first-order valence-electron chi connectivity index (χ1n) is 9.38. The summed E-state index contributed by atoms with van der Waals surface area (Å²) in [7, 11) is -3.63. The molecular weight excluding hydrogens is 442 g/mol. The lowest BCUT2D eigenvalue weighted by Crippen LogP contribution is -2.38. The van der Waals surface area contributed by atoms with Gasteiger partial charge in [0.1, 0.15) is 10.6 Å². The smallest absolute Gasteiger partial charge is 0.272 e. The van der Waals surface area contributed by atoms with E-state index in [1.54, 1.807) is 19.9 Å². The van der Waals surface area contributed by atoms with Crippen molar-refractivity contribution < 1.29 is 13.2 Å². The monoisotopic (exact) mass is 467 g/mol. The van der Waals surface area contributed by atoms with E-state index in [1.165, 1.54) is 4.31 Å². The topological polar surface area (TPSA) is 82.3 Å². The fraction of sp³-hybridized carbons (Fsp3) is 0.450. The van der Waals surface area contributed by atoms with Crippen molar-refractivity contribution in [1.29, 1.82) is 0 Å². The number of nitrogens with one attached hydrogen (secondary N) is 2. The number of halogens is 1. The minimum absolute atomic E-state index is 0.221. The Morgan fingerprint density at radius 3 is 2.46 bits per heavy atom. The molecule has 1 aliphatic heterocycles. The molecule has 2 aromatic rings. The Balaban J connectivity index is 1.88. The molecule has 0 spiro atoms. The summed E-state index contributed by atoms with van der Waals surface area (Å²) >= 11 is 3.44. The molecule has 1 aliphatic rings. The highest BCUT2D eigenvalue weighted by Crippen LogP contribution is 2.30. The molecule has 0 saturated carbocycles. The summed E-state index contributed by atoms with van der Waals surface area (Å²) in [6, 6.07) is 5.53. The van der Waals surface area contributed by atoms with E-state index in [4.69, 9.17) is 0 Å². The first-order valence-corrected chi connectivity index (χ1v) is 11.6. The molecule has 6 nitrogen and oxygen atoms in total. The van der Waals surface area contributed by atoms with Crippen LogP contribution in [0, 0.1) is 26.7 Å². The largest absolute Gasteiger partial charge is 0.353 e. The Labute approximate surface area is 174 Å². The van der Waals surface area contributed by atoms with Crippen LogP contribution in [0.15, 0.2) is 27.6 Å². The number of aromatic nitrogens is 1. The maximum Gasteiger partial charge on any atom is 0.272 e. The van der Waals surface area contributed by atoms with Crippen LogP contribution in [0.3, 0.4) is 0 Å². The highest BCUT2D eigenvalue weighted by atomic mass is 79.9. The van der Waals surface area contributed by atoms with Gasteiger partial charge in [0.25, 0.3) is 5.91 Å². The van der Waals surface area contributed by atoms with E-state index in [0.29, 0.717) is 36.0 Å². The molecule has 0 aliphatic carbocycles. The summed E-state index contributed by atoms with van der Waals surface area (Å²) in [5, 5.41) is 2.84. The van der Waals surface area contributed by atoms with Crippen LogP contribution in [-0.4, -0.2) is 36.7 Å². The van der Waals surface area contributed by atoms with E-state index in [1.807, 2.05) is 19.1 Å².